The minimum absolute atomic E-state index is 0. The first-order valence-corrected chi connectivity index (χ1v) is 3.05. The largest absolute Gasteiger partial charge is 2.00 e. The Balaban J connectivity index is -0.000000163. The Bertz CT molecular complexity index is 61.6. The van der Waals surface area contributed by atoms with Crippen LogP contribution in [0.5, 0.6) is 0 Å². The average molecular weight is 147 g/mol. The summed E-state index contributed by atoms with van der Waals surface area (Å²) in [6, 6.07) is 0. The number of rotatable bonds is 0. The standard InChI is InChI=1S/C5H9ClO.Mg.2H/c6-5-1-3-7-4-2-5;;;/h5H,1-4H2;;;/q;+2;2*-1. The Morgan fingerprint density at radius 2 is 1.88 bits per heavy atom. The quantitative estimate of drug-likeness (QED) is 0.370. The molecule has 0 saturated carbocycles. The third-order valence-electron chi connectivity index (χ3n) is 1.15. The van der Waals surface area contributed by atoms with Crippen molar-refractivity contribution in [2.45, 2.75) is 18.2 Å². The van der Waals surface area contributed by atoms with Crippen LogP contribution in [-0.4, -0.2) is 41.6 Å². The van der Waals surface area contributed by atoms with E-state index in [0.717, 1.165) is 26.1 Å². The van der Waals surface area contributed by atoms with Gasteiger partial charge < -0.3 is 7.59 Å². The molecule has 0 amide bonds. The minimum atomic E-state index is 0. The van der Waals surface area contributed by atoms with Crippen molar-refractivity contribution >= 4 is 34.7 Å². The summed E-state index contributed by atoms with van der Waals surface area (Å²) in [6.45, 7) is 1.71. The topological polar surface area (TPSA) is 9.23 Å². The van der Waals surface area contributed by atoms with Crippen molar-refractivity contribution in [3.8, 4) is 0 Å². The van der Waals surface area contributed by atoms with Crippen molar-refractivity contribution in [3.05, 3.63) is 0 Å². The molecule has 0 bridgehead atoms. The Kier molecular flexibility index (Phi) is 5.47. The molecule has 0 atom stereocenters. The molecule has 0 spiro atoms. The van der Waals surface area contributed by atoms with E-state index in [0.29, 0.717) is 5.38 Å². The van der Waals surface area contributed by atoms with Gasteiger partial charge in [0.15, 0.2) is 0 Å². The average Bonchev–Trinajstić information content (AvgIpc) is 1.69. The van der Waals surface area contributed by atoms with Gasteiger partial charge in [-0.15, -0.1) is 11.6 Å². The molecular weight excluding hydrogens is 136 g/mol. The van der Waals surface area contributed by atoms with Crippen molar-refractivity contribution in [3.63, 3.8) is 0 Å². The van der Waals surface area contributed by atoms with Gasteiger partial charge in [-0.25, -0.2) is 0 Å². The first kappa shape index (κ1) is 9.02. The Morgan fingerprint density at radius 3 is 2.12 bits per heavy atom. The first-order valence-electron chi connectivity index (χ1n) is 2.61. The molecule has 0 radical (unpaired) electrons. The predicted molar refractivity (Wildman–Crippen MR) is 37.7 cm³/mol. The summed E-state index contributed by atoms with van der Waals surface area (Å²) >= 11 is 5.74. The number of hydrogen-bond donors (Lipinski definition) is 0. The SMILES string of the molecule is ClC1CCOCC1.[H-].[H-].[Mg+2]. The van der Waals surface area contributed by atoms with Crippen LogP contribution in [0.15, 0.2) is 0 Å². The van der Waals surface area contributed by atoms with Crippen LogP contribution in [-0.2, 0) is 4.74 Å². The second kappa shape index (κ2) is 4.85. The van der Waals surface area contributed by atoms with Gasteiger partial charge >= 0.3 is 23.1 Å². The molecule has 8 heavy (non-hydrogen) atoms. The molecule has 1 saturated heterocycles. The molecule has 1 aliphatic heterocycles. The smallest absolute Gasteiger partial charge is 1.00 e. The Hall–Kier alpha value is 1.02. The van der Waals surface area contributed by atoms with Gasteiger partial charge in [-0.2, -0.15) is 0 Å². The van der Waals surface area contributed by atoms with Gasteiger partial charge in [-0.3, -0.25) is 0 Å². The zero-order valence-corrected chi connectivity index (χ0v) is 7.07. The van der Waals surface area contributed by atoms with E-state index in [2.05, 4.69) is 0 Å². The van der Waals surface area contributed by atoms with Crippen molar-refractivity contribution in [1.29, 1.82) is 0 Å². The molecule has 1 aliphatic rings. The molecule has 0 aromatic heterocycles. The molecule has 0 unspecified atom stereocenters. The van der Waals surface area contributed by atoms with Crippen molar-refractivity contribution in [1.82, 2.24) is 0 Å². The van der Waals surface area contributed by atoms with Crippen LogP contribution in [0.25, 0.3) is 0 Å². The molecule has 1 nitrogen and oxygen atoms in total. The van der Waals surface area contributed by atoms with E-state index in [1.165, 1.54) is 0 Å². The third-order valence-corrected chi connectivity index (χ3v) is 1.59. The molecule has 0 aliphatic carbocycles. The van der Waals surface area contributed by atoms with Crippen LogP contribution in [0.1, 0.15) is 15.7 Å². The van der Waals surface area contributed by atoms with Crippen LogP contribution < -0.4 is 0 Å². The maximum Gasteiger partial charge on any atom is 2.00 e. The zero-order valence-electron chi connectivity index (χ0n) is 6.90. The van der Waals surface area contributed by atoms with Crippen molar-refractivity contribution in [2.24, 2.45) is 0 Å². The second-order valence-electron chi connectivity index (χ2n) is 1.79. The molecule has 0 aromatic rings. The van der Waals surface area contributed by atoms with E-state index in [1.807, 2.05) is 0 Å². The molecule has 46 valence electrons. The molecule has 0 N–H and O–H groups in total. The molecular formula is C5H11ClMgO. The maximum atomic E-state index is 5.74. The summed E-state index contributed by atoms with van der Waals surface area (Å²) < 4.78 is 5.06. The molecule has 0 aromatic carbocycles. The van der Waals surface area contributed by atoms with E-state index in [4.69, 9.17) is 16.3 Å². The molecule has 3 heteroatoms. The van der Waals surface area contributed by atoms with Crippen molar-refractivity contribution < 1.29 is 7.59 Å². The van der Waals surface area contributed by atoms with Crippen LogP contribution in [0.3, 0.4) is 0 Å². The van der Waals surface area contributed by atoms with Crippen LogP contribution >= 0.6 is 11.6 Å². The zero-order chi connectivity index (χ0) is 5.11. The van der Waals surface area contributed by atoms with Crippen LogP contribution in [0, 0.1) is 0 Å². The summed E-state index contributed by atoms with van der Waals surface area (Å²) in [6.07, 6.45) is 2.06. The minimum Gasteiger partial charge on any atom is -1.00 e. The predicted octanol–water partition coefficient (Wildman–Crippen LogP) is 1.25. The van der Waals surface area contributed by atoms with Gasteiger partial charge in [0.2, 0.25) is 0 Å². The fraction of sp³-hybridized carbons (Fsp3) is 1.00. The van der Waals surface area contributed by atoms with Gasteiger partial charge in [-0.1, -0.05) is 0 Å². The summed E-state index contributed by atoms with van der Waals surface area (Å²) in [5.74, 6) is 0. The van der Waals surface area contributed by atoms with E-state index in [9.17, 15) is 0 Å². The summed E-state index contributed by atoms with van der Waals surface area (Å²) in [7, 11) is 0. The van der Waals surface area contributed by atoms with Gasteiger partial charge in [0.05, 0.1) is 0 Å². The van der Waals surface area contributed by atoms with Crippen molar-refractivity contribution in [2.75, 3.05) is 13.2 Å². The fourth-order valence-electron chi connectivity index (χ4n) is 0.669. The number of hydrogen-bond acceptors (Lipinski definition) is 1. The van der Waals surface area contributed by atoms with E-state index < -0.39 is 0 Å². The number of halogens is 1. The fourth-order valence-corrected chi connectivity index (χ4v) is 0.847. The van der Waals surface area contributed by atoms with Gasteiger partial charge in [0.25, 0.3) is 0 Å². The summed E-state index contributed by atoms with van der Waals surface area (Å²) in [4.78, 5) is 0. The van der Waals surface area contributed by atoms with Gasteiger partial charge in [0, 0.05) is 18.6 Å². The maximum absolute atomic E-state index is 5.74. The van der Waals surface area contributed by atoms with E-state index >= 15 is 0 Å². The van der Waals surface area contributed by atoms with E-state index in [1.54, 1.807) is 0 Å². The Morgan fingerprint density at radius 1 is 1.38 bits per heavy atom. The van der Waals surface area contributed by atoms with E-state index in [-0.39, 0.29) is 25.9 Å². The van der Waals surface area contributed by atoms with Crippen LogP contribution in [0.2, 0.25) is 0 Å². The summed E-state index contributed by atoms with van der Waals surface area (Å²) in [5.41, 5.74) is 0. The van der Waals surface area contributed by atoms with Gasteiger partial charge in [-0.05, 0) is 12.8 Å². The monoisotopic (exact) mass is 146 g/mol. The normalized spacial score (nSPS) is 22.1. The second-order valence-corrected chi connectivity index (χ2v) is 2.40. The first-order chi connectivity index (χ1) is 3.39. The van der Waals surface area contributed by atoms with Gasteiger partial charge in [0.1, 0.15) is 0 Å². The number of ether oxygens (including phenoxy) is 1. The summed E-state index contributed by atoms with van der Waals surface area (Å²) in [5, 5.41) is 0.383. The number of alkyl halides is 1. The Labute approximate surface area is 73.8 Å². The van der Waals surface area contributed by atoms with Crippen LogP contribution in [0.4, 0.5) is 0 Å². The third kappa shape index (κ3) is 3.12. The molecule has 1 rings (SSSR count). The molecule has 1 fully saturated rings. The molecule has 1 heterocycles.